The molecule has 0 bridgehead atoms. The smallest absolute Gasteiger partial charge is 0.423 e. The second kappa shape index (κ2) is 28.0. The number of benzene rings is 14. The molecule has 14 aromatic carbocycles. The van der Waals surface area contributed by atoms with E-state index in [1.54, 1.807) is 12.4 Å². The van der Waals surface area contributed by atoms with Gasteiger partial charge in [-0.1, -0.05) is 295 Å². The van der Waals surface area contributed by atoms with Crippen LogP contribution in [0, 0.1) is 0 Å². The topological polar surface area (TPSA) is 118 Å². The van der Waals surface area contributed by atoms with Crippen LogP contribution in [0.15, 0.2) is 357 Å². The number of rotatable bonds is 10. The van der Waals surface area contributed by atoms with Crippen LogP contribution in [0.4, 0.5) is 0 Å². The van der Waals surface area contributed by atoms with E-state index in [0.29, 0.717) is 17.1 Å². The van der Waals surface area contributed by atoms with Crippen LogP contribution in [0.3, 0.4) is 0 Å². The van der Waals surface area contributed by atoms with Gasteiger partial charge in [0.25, 0.3) is 0 Å². The van der Waals surface area contributed by atoms with Crippen LogP contribution in [-0.4, -0.2) is 47.1 Å². The van der Waals surface area contributed by atoms with E-state index in [1.807, 2.05) is 134 Å². The van der Waals surface area contributed by atoms with Crippen molar-refractivity contribution in [1.29, 1.82) is 0 Å². The number of pyridine rings is 2. The first kappa shape index (κ1) is 62.4. The summed E-state index contributed by atoms with van der Waals surface area (Å²) in [5.74, 6) is 1.42. The highest BCUT2D eigenvalue weighted by atomic mass is 79.9. The largest absolute Gasteiger partial charge is 0.489 e. The van der Waals surface area contributed by atoms with Crippen molar-refractivity contribution in [1.82, 2.24) is 29.9 Å². The van der Waals surface area contributed by atoms with Crippen molar-refractivity contribution < 1.29 is 10.0 Å². The molecule has 0 spiro atoms. The van der Waals surface area contributed by atoms with Crippen molar-refractivity contribution in [3.05, 3.63) is 357 Å². The zero-order chi connectivity index (χ0) is 67.3. The average Bonchev–Trinajstić information content (AvgIpc) is 0.752. The van der Waals surface area contributed by atoms with E-state index in [1.165, 1.54) is 43.4 Å². The maximum absolute atomic E-state index is 9.85. The van der Waals surface area contributed by atoms with Crippen LogP contribution in [0.5, 0.6) is 0 Å². The lowest BCUT2D eigenvalue weighted by Gasteiger charge is -2.15. The van der Waals surface area contributed by atoms with Crippen molar-refractivity contribution >= 4 is 93.1 Å². The van der Waals surface area contributed by atoms with Crippen molar-refractivity contribution in [3.8, 4) is 101 Å². The van der Waals surface area contributed by atoms with Gasteiger partial charge in [-0.2, -0.15) is 0 Å². The molecule has 2 N–H and O–H groups in total. The van der Waals surface area contributed by atoms with Gasteiger partial charge in [-0.05, 0) is 152 Å². The number of fused-ring (bicyclic) bond motifs is 8. The minimum Gasteiger partial charge on any atom is -0.423 e. The molecule has 8 nitrogen and oxygen atoms in total. The molecular weight excluding hydrogens is 1290 g/mol. The van der Waals surface area contributed by atoms with Gasteiger partial charge in [0.2, 0.25) is 0 Å². The molecular formula is C90H60BBrN6O2. The molecule has 0 saturated carbocycles. The van der Waals surface area contributed by atoms with Gasteiger partial charge < -0.3 is 10.0 Å². The molecule has 0 aliphatic heterocycles. The lowest BCUT2D eigenvalue weighted by molar-refractivity contribution is 0.426. The van der Waals surface area contributed by atoms with Crippen molar-refractivity contribution in [2.75, 3.05) is 0 Å². The van der Waals surface area contributed by atoms with Crippen LogP contribution >= 0.6 is 15.9 Å². The molecule has 4 heterocycles. The van der Waals surface area contributed by atoms with E-state index in [2.05, 4.69) is 232 Å². The highest BCUT2D eigenvalue weighted by molar-refractivity contribution is 9.10. The van der Waals surface area contributed by atoms with Gasteiger partial charge in [-0.25, -0.2) is 19.9 Å². The average molecular weight is 1350 g/mol. The fourth-order valence-electron chi connectivity index (χ4n) is 13.3. The van der Waals surface area contributed by atoms with Gasteiger partial charge in [0.1, 0.15) is 0 Å². The minimum absolute atomic E-state index is 0.578. The molecule has 4 aromatic heterocycles. The van der Waals surface area contributed by atoms with E-state index in [-0.39, 0.29) is 0 Å². The Kier molecular flexibility index (Phi) is 17.4. The lowest BCUT2D eigenvalue weighted by Crippen LogP contribution is -2.31. The van der Waals surface area contributed by atoms with Gasteiger partial charge in [0.05, 0.1) is 22.8 Å². The van der Waals surface area contributed by atoms with Gasteiger partial charge in [0, 0.05) is 62.6 Å². The van der Waals surface area contributed by atoms with Crippen LogP contribution in [0.1, 0.15) is 0 Å². The third-order valence-corrected chi connectivity index (χ3v) is 18.8. The quantitative estimate of drug-likeness (QED) is 0.0790. The molecule has 0 amide bonds. The third-order valence-electron chi connectivity index (χ3n) is 18.3. The summed E-state index contributed by atoms with van der Waals surface area (Å²) >= 11 is 3.51. The van der Waals surface area contributed by atoms with Crippen LogP contribution in [-0.2, 0) is 0 Å². The highest BCUT2D eigenvalue weighted by Gasteiger charge is 2.21. The molecule has 0 atom stereocenters. The van der Waals surface area contributed by atoms with Gasteiger partial charge in [-0.15, -0.1) is 0 Å². The zero-order valence-electron chi connectivity index (χ0n) is 54.0. The first-order valence-corrected chi connectivity index (χ1v) is 33.9. The molecule has 0 aliphatic rings. The number of halogens is 1. The summed E-state index contributed by atoms with van der Waals surface area (Å²) in [6, 6.07) is 113. The predicted molar refractivity (Wildman–Crippen MR) is 418 cm³/mol. The first-order valence-electron chi connectivity index (χ1n) is 33.1. The summed E-state index contributed by atoms with van der Waals surface area (Å²) in [7, 11) is -1.49. The fourth-order valence-corrected chi connectivity index (χ4v) is 13.6. The number of aromatic nitrogens is 6. The van der Waals surface area contributed by atoms with Crippen LogP contribution in [0.25, 0.3) is 166 Å². The third kappa shape index (κ3) is 12.9. The second-order valence-corrected chi connectivity index (χ2v) is 25.4. The Bertz CT molecular complexity index is 5980. The minimum atomic E-state index is -1.49. The van der Waals surface area contributed by atoms with E-state index in [9.17, 15) is 10.0 Å². The molecule has 0 radical (unpaired) electrons. The van der Waals surface area contributed by atoms with Crippen molar-refractivity contribution in [2.45, 2.75) is 0 Å². The fraction of sp³-hybridized carbons (Fsp3) is 0. The maximum atomic E-state index is 9.85. The van der Waals surface area contributed by atoms with E-state index in [0.717, 1.165) is 115 Å². The van der Waals surface area contributed by atoms with Gasteiger partial charge in [0.15, 0.2) is 11.6 Å². The molecule has 100 heavy (non-hydrogen) atoms. The van der Waals surface area contributed by atoms with Gasteiger partial charge in [-0.3, -0.25) is 9.97 Å². The Labute approximate surface area is 587 Å². The standard InChI is InChI=1S/C45H29N3.C27H18BrN3.C18H13BO2/c1-2-10-35(11-3-1)45-47-42(32-18-16-30(17-19-32)37-13-8-26-46-29-37)28-43(48-45)33-20-22-34(23-21-33)44-39-15-7-5-12-36(39)27-41-38-14-6-4-9-31(38)24-25-40(41)44;28-24-14-12-21(13-15-24)26-17-25(30-27(31-26)22-5-2-1-3-6-22)20-10-8-19(9-11-20)23-7-4-16-29-18-23;20-19(21)18-15-8-4-2-6-13(15)11-17-14-7-3-1-5-12(14)9-10-16(17)18/h1-29H;1-18H;1-11,20-21H. The predicted octanol–water partition coefficient (Wildman–Crippen LogP) is 21.8. The van der Waals surface area contributed by atoms with E-state index in [4.69, 9.17) is 19.9 Å². The molecule has 0 unspecified atom stereocenters. The Morgan fingerprint density at radius 2 is 0.590 bits per heavy atom. The molecule has 472 valence electrons. The lowest BCUT2D eigenvalue weighted by atomic mass is 9.73. The SMILES string of the molecule is Brc1ccc(-c2cc(-c3ccc(-c4cccnc4)cc3)nc(-c3ccccc3)n2)cc1.OB(O)c1c2ccccc2cc2c1ccc1ccccc12.c1ccc(-c2nc(-c3ccc(-c4cccnc4)cc3)cc(-c3ccc(-c4c5ccccc5cc5c4ccc4ccccc45)cc3)n2)cc1. The molecule has 0 saturated heterocycles. The zero-order valence-corrected chi connectivity index (χ0v) is 55.6. The normalized spacial score (nSPS) is 11.2. The Morgan fingerprint density at radius 3 is 1.03 bits per heavy atom. The van der Waals surface area contributed by atoms with Crippen molar-refractivity contribution in [3.63, 3.8) is 0 Å². The summed E-state index contributed by atoms with van der Waals surface area (Å²) < 4.78 is 1.04. The molecule has 0 fully saturated rings. The molecule has 18 aromatic rings. The molecule has 10 heteroatoms. The number of hydrogen-bond acceptors (Lipinski definition) is 8. The number of hydrogen-bond donors (Lipinski definition) is 2. The highest BCUT2D eigenvalue weighted by Crippen LogP contribution is 2.41. The molecule has 18 rings (SSSR count). The summed E-state index contributed by atoms with van der Waals surface area (Å²) in [4.78, 5) is 28.4. The van der Waals surface area contributed by atoms with E-state index < -0.39 is 7.12 Å². The maximum Gasteiger partial charge on any atom is 0.489 e. The Morgan fingerprint density at radius 1 is 0.240 bits per heavy atom. The Balaban J connectivity index is 0.000000128. The summed E-state index contributed by atoms with van der Waals surface area (Å²) in [5, 5.41) is 33.4. The van der Waals surface area contributed by atoms with E-state index >= 15 is 0 Å². The summed E-state index contributed by atoms with van der Waals surface area (Å²) in [5.41, 5.74) is 17.2. The van der Waals surface area contributed by atoms with Gasteiger partial charge >= 0.3 is 7.12 Å². The monoisotopic (exact) mass is 1350 g/mol. The first-order chi connectivity index (χ1) is 49.3. The van der Waals surface area contributed by atoms with Crippen LogP contribution < -0.4 is 5.46 Å². The second-order valence-electron chi connectivity index (χ2n) is 24.5. The molecule has 0 aliphatic carbocycles. The summed E-state index contributed by atoms with van der Waals surface area (Å²) in [6.45, 7) is 0. The Hall–Kier alpha value is -12.4. The van der Waals surface area contributed by atoms with Crippen molar-refractivity contribution in [2.24, 2.45) is 0 Å². The number of nitrogens with zero attached hydrogens (tertiary/aromatic N) is 6. The summed E-state index contributed by atoms with van der Waals surface area (Å²) in [6.07, 6.45) is 7.34. The van der Waals surface area contributed by atoms with Crippen LogP contribution in [0.2, 0.25) is 0 Å².